The van der Waals surface area contributed by atoms with Crippen molar-refractivity contribution in [1.29, 1.82) is 0 Å². The summed E-state index contributed by atoms with van der Waals surface area (Å²) in [6.45, 7) is 7.65. The van der Waals surface area contributed by atoms with E-state index in [4.69, 9.17) is 4.74 Å². The van der Waals surface area contributed by atoms with E-state index in [-0.39, 0.29) is 11.8 Å². The van der Waals surface area contributed by atoms with Gasteiger partial charge in [0, 0.05) is 38.0 Å². The second-order valence-corrected chi connectivity index (χ2v) is 7.62. The Labute approximate surface area is 147 Å². The average Bonchev–Trinajstić information content (AvgIpc) is 2.60. The van der Waals surface area contributed by atoms with Crippen molar-refractivity contribution in [3.63, 3.8) is 0 Å². The normalized spacial score (nSPS) is 20.8. The van der Waals surface area contributed by atoms with Crippen molar-refractivity contribution < 1.29 is 19.1 Å². The molecule has 1 saturated heterocycles. The second-order valence-electron chi connectivity index (χ2n) is 7.62. The third-order valence-electron chi connectivity index (χ3n) is 4.69. The Bertz CT molecular complexity index is 700. The molecule has 6 heteroatoms. The van der Waals surface area contributed by atoms with Crippen LogP contribution in [0.1, 0.15) is 36.7 Å². The number of carbonyl (C=O) groups excluding carboxylic acids is 3. The molecule has 1 aromatic carbocycles. The Morgan fingerprint density at radius 2 is 1.64 bits per heavy atom. The topological polar surface area (TPSA) is 66.9 Å². The highest BCUT2D eigenvalue weighted by Gasteiger charge is 2.36. The zero-order valence-electron chi connectivity index (χ0n) is 14.9. The van der Waals surface area contributed by atoms with Crippen LogP contribution in [0.25, 0.3) is 0 Å². The van der Waals surface area contributed by atoms with Crippen molar-refractivity contribution in [2.24, 2.45) is 5.41 Å². The molecule has 2 amide bonds. The maximum absolute atomic E-state index is 12.7. The minimum Gasteiger partial charge on any atom is -0.448 e. The fourth-order valence-electron chi connectivity index (χ4n) is 3.28. The lowest BCUT2D eigenvalue weighted by atomic mass is 9.94. The summed E-state index contributed by atoms with van der Waals surface area (Å²) in [7, 11) is 0. The van der Waals surface area contributed by atoms with Crippen LogP contribution in [0.15, 0.2) is 24.3 Å². The van der Waals surface area contributed by atoms with Crippen LogP contribution in [0.4, 0.5) is 0 Å². The lowest BCUT2D eigenvalue weighted by molar-refractivity contribution is -0.148. The lowest BCUT2D eigenvalue weighted by Gasteiger charge is -2.39. The maximum Gasteiger partial charge on any atom is 0.339 e. The first kappa shape index (κ1) is 17.5. The fraction of sp³-hybridized carbons (Fsp3) is 0.526. The molecule has 0 spiro atoms. The van der Waals surface area contributed by atoms with Crippen molar-refractivity contribution in [1.82, 2.24) is 9.80 Å². The Morgan fingerprint density at radius 3 is 2.28 bits per heavy atom. The van der Waals surface area contributed by atoms with Crippen LogP contribution in [-0.4, -0.2) is 59.9 Å². The number of esters is 1. The Balaban J connectivity index is 1.62. The molecule has 1 unspecified atom stereocenters. The number of piperazine rings is 1. The molecule has 2 heterocycles. The lowest BCUT2D eigenvalue weighted by Crippen LogP contribution is -2.55. The average molecular weight is 344 g/mol. The standard InChI is InChI=1S/C19H24N2O4/c1-19(2,3)18(24)21-10-8-20(9-11-21)16(22)15-12-13-6-4-5-7-14(13)17(23)25-15/h4-7,15H,8-12H2,1-3H3. The van der Waals surface area contributed by atoms with Gasteiger partial charge in [0.15, 0.2) is 6.10 Å². The number of fused-ring (bicyclic) bond motifs is 1. The van der Waals surface area contributed by atoms with E-state index < -0.39 is 17.5 Å². The number of ether oxygens (including phenoxy) is 1. The molecule has 6 nitrogen and oxygen atoms in total. The van der Waals surface area contributed by atoms with Crippen LogP contribution in [0.3, 0.4) is 0 Å². The molecule has 1 atom stereocenters. The molecule has 1 aromatic rings. The van der Waals surface area contributed by atoms with Crippen molar-refractivity contribution in [2.75, 3.05) is 26.2 Å². The van der Waals surface area contributed by atoms with Crippen molar-refractivity contribution >= 4 is 17.8 Å². The van der Waals surface area contributed by atoms with Crippen LogP contribution in [0.2, 0.25) is 0 Å². The van der Waals surface area contributed by atoms with Crippen molar-refractivity contribution in [3.8, 4) is 0 Å². The molecule has 25 heavy (non-hydrogen) atoms. The van der Waals surface area contributed by atoms with E-state index in [1.165, 1.54) is 0 Å². The van der Waals surface area contributed by atoms with E-state index in [2.05, 4.69) is 0 Å². The summed E-state index contributed by atoms with van der Waals surface area (Å²) in [5.41, 5.74) is 0.959. The SMILES string of the molecule is CC(C)(C)C(=O)N1CCN(C(=O)C2Cc3ccccc3C(=O)O2)CC1. The summed E-state index contributed by atoms with van der Waals surface area (Å²) in [6, 6.07) is 7.22. The summed E-state index contributed by atoms with van der Waals surface area (Å²) in [6.07, 6.45) is -0.366. The summed E-state index contributed by atoms with van der Waals surface area (Å²) < 4.78 is 5.35. The van der Waals surface area contributed by atoms with Gasteiger partial charge in [0.05, 0.1) is 5.56 Å². The molecule has 0 aromatic heterocycles. The smallest absolute Gasteiger partial charge is 0.339 e. The van der Waals surface area contributed by atoms with E-state index in [1.54, 1.807) is 21.9 Å². The number of cyclic esters (lactones) is 1. The number of nitrogens with zero attached hydrogens (tertiary/aromatic N) is 2. The Morgan fingerprint density at radius 1 is 1.04 bits per heavy atom. The molecule has 1 fully saturated rings. The molecule has 2 aliphatic heterocycles. The molecule has 134 valence electrons. The predicted octanol–water partition coefficient (Wildman–Crippen LogP) is 1.48. The van der Waals surface area contributed by atoms with Gasteiger partial charge in [-0.15, -0.1) is 0 Å². The van der Waals surface area contributed by atoms with E-state index in [9.17, 15) is 14.4 Å². The van der Waals surface area contributed by atoms with Crippen molar-refractivity contribution in [3.05, 3.63) is 35.4 Å². The van der Waals surface area contributed by atoms with Gasteiger partial charge in [-0.2, -0.15) is 0 Å². The maximum atomic E-state index is 12.7. The Hall–Kier alpha value is -2.37. The summed E-state index contributed by atoms with van der Waals surface area (Å²) in [5, 5.41) is 0. The van der Waals surface area contributed by atoms with Gasteiger partial charge in [0.1, 0.15) is 0 Å². The highest BCUT2D eigenvalue weighted by molar-refractivity contribution is 5.95. The molecular formula is C19H24N2O4. The molecule has 0 saturated carbocycles. The molecule has 0 N–H and O–H groups in total. The molecule has 2 aliphatic rings. The molecule has 3 rings (SSSR count). The highest BCUT2D eigenvalue weighted by Crippen LogP contribution is 2.23. The van der Waals surface area contributed by atoms with Gasteiger partial charge in [-0.05, 0) is 11.6 Å². The number of rotatable bonds is 1. The number of hydrogen-bond donors (Lipinski definition) is 0. The van der Waals surface area contributed by atoms with Gasteiger partial charge in [-0.25, -0.2) is 4.79 Å². The minimum atomic E-state index is -0.771. The first-order chi connectivity index (χ1) is 11.8. The zero-order valence-corrected chi connectivity index (χ0v) is 14.9. The minimum absolute atomic E-state index is 0.0950. The largest absolute Gasteiger partial charge is 0.448 e. The van der Waals surface area contributed by atoms with E-state index >= 15 is 0 Å². The first-order valence-corrected chi connectivity index (χ1v) is 8.64. The third kappa shape index (κ3) is 3.52. The molecule has 0 radical (unpaired) electrons. The zero-order chi connectivity index (χ0) is 18.2. The van der Waals surface area contributed by atoms with Crippen LogP contribution in [0.5, 0.6) is 0 Å². The number of hydrogen-bond acceptors (Lipinski definition) is 4. The van der Waals surface area contributed by atoms with Gasteiger partial charge < -0.3 is 14.5 Å². The van der Waals surface area contributed by atoms with Crippen LogP contribution < -0.4 is 0 Å². The summed E-state index contributed by atoms with van der Waals surface area (Å²) in [5.74, 6) is -0.523. The van der Waals surface area contributed by atoms with Gasteiger partial charge in [-0.3, -0.25) is 9.59 Å². The quantitative estimate of drug-likeness (QED) is 0.724. The van der Waals surface area contributed by atoms with Gasteiger partial charge >= 0.3 is 5.97 Å². The number of amides is 2. The van der Waals surface area contributed by atoms with Crippen LogP contribution in [0, 0.1) is 5.41 Å². The van der Waals surface area contributed by atoms with Crippen molar-refractivity contribution in [2.45, 2.75) is 33.3 Å². The molecular weight excluding hydrogens is 320 g/mol. The third-order valence-corrected chi connectivity index (χ3v) is 4.69. The number of carbonyl (C=O) groups is 3. The van der Waals surface area contributed by atoms with E-state index in [1.807, 2.05) is 32.9 Å². The Kier molecular flexibility index (Phi) is 4.54. The van der Waals surface area contributed by atoms with Gasteiger partial charge in [0.25, 0.3) is 5.91 Å². The monoisotopic (exact) mass is 344 g/mol. The van der Waals surface area contributed by atoms with Crippen LogP contribution >= 0.6 is 0 Å². The molecule has 0 bridgehead atoms. The molecule has 0 aliphatic carbocycles. The van der Waals surface area contributed by atoms with Gasteiger partial charge in [0.2, 0.25) is 5.91 Å². The number of benzene rings is 1. The van der Waals surface area contributed by atoms with E-state index in [0.717, 1.165) is 5.56 Å². The van der Waals surface area contributed by atoms with Gasteiger partial charge in [-0.1, -0.05) is 39.0 Å². The fourth-order valence-corrected chi connectivity index (χ4v) is 3.28. The summed E-state index contributed by atoms with van der Waals surface area (Å²) >= 11 is 0. The highest BCUT2D eigenvalue weighted by atomic mass is 16.5. The van der Waals surface area contributed by atoms with E-state index in [0.29, 0.717) is 38.2 Å². The first-order valence-electron chi connectivity index (χ1n) is 8.64. The van der Waals surface area contributed by atoms with Crippen LogP contribution in [-0.2, 0) is 20.7 Å². The summed E-state index contributed by atoms with van der Waals surface area (Å²) in [4.78, 5) is 40.6. The predicted molar refractivity (Wildman–Crippen MR) is 92.0 cm³/mol. The second kappa shape index (κ2) is 6.50.